The minimum absolute atomic E-state index is 0.142. The van der Waals surface area contributed by atoms with E-state index in [4.69, 9.17) is 4.74 Å². The summed E-state index contributed by atoms with van der Waals surface area (Å²) in [5.74, 6) is 0. The number of rotatable bonds is 4. The van der Waals surface area contributed by atoms with Gasteiger partial charge < -0.3 is 4.74 Å². The summed E-state index contributed by atoms with van der Waals surface area (Å²) in [6, 6.07) is 0. The Morgan fingerprint density at radius 1 is 1.29 bits per heavy atom. The van der Waals surface area contributed by atoms with Gasteiger partial charge in [-0.3, -0.25) is 18.8 Å². The van der Waals surface area contributed by atoms with E-state index in [0.29, 0.717) is 30.8 Å². The Morgan fingerprint density at radius 2 is 1.90 bits per heavy atom. The average Bonchev–Trinajstić information content (AvgIpc) is 2.47. The molecule has 0 bridgehead atoms. The van der Waals surface area contributed by atoms with E-state index in [1.54, 1.807) is 4.57 Å². The second-order valence-corrected chi connectivity index (χ2v) is 7.54. The minimum atomic E-state index is -0.290. The van der Waals surface area contributed by atoms with Crippen molar-refractivity contribution < 1.29 is 4.74 Å². The van der Waals surface area contributed by atoms with Crippen molar-refractivity contribution in [3.05, 3.63) is 31.0 Å². The summed E-state index contributed by atoms with van der Waals surface area (Å²) in [7, 11) is 1.50. The standard InChI is InChI=1S/C13H19Br2N3O3/c1-9(14)7-18-10(8-17-3-5-21-6-4-17)11(15)12(19)16(2)13(18)20/h9H,3-8H2,1-2H3. The number of aromatic nitrogens is 2. The van der Waals surface area contributed by atoms with Gasteiger partial charge >= 0.3 is 5.69 Å². The molecule has 0 saturated carbocycles. The largest absolute Gasteiger partial charge is 0.379 e. The van der Waals surface area contributed by atoms with Crippen LogP contribution in [0.2, 0.25) is 0 Å². The molecule has 21 heavy (non-hydrogen) atoms. The third kappa shape index (κ3) is 3.85. The van der Waals surface area contributed by atoms with Gasteiger partial charge in [-0.25, -0.2) is 4.79 Å². The van der Waals surface area contributed by atoms with Gasteiger partial charge in [0, 0.05) is 38.1 Å². The van der Waals surface area contributed by atoms with Crippen molar-refractivity contribution in [2.75, 3.05) is 26.3 Å². The van der Waals surface area contributed by atoms with Gasteiger partial charge in [0.1, 0.15) is 4.47 Å². The fraction of sp³-hybridized carbons (Fsp3) is 0.692. The van der Waals surface area contributed by atoms with Gasteiger partial charge in [0.25, 0.3) is 5.56 Å². The summed E-state index contributed by atoms with van der Waals surface area (Å²) < 4.78 is 8.60. The fourth-order valence-electron chi connectivity index (χ4n) is 2.34. The number of morpholine rings is 1. The van der Waals surface area contributed by atoms with Crippen LogP contribution in [-0.4, -0.2) is 45.2 Å². The molecule has 0 spiro atoms. The molecule has 1 atom stereocenters. The summed E-state index contributed by atoms with van der Waals surface area (Å²) in [5.41, 5.74) is 0.163. The van der Waals surface area contributed by atoms with Crippen LogP contribution in [0, 0.1) is 0 Å². The lowest BCUT2D eigenvalue weighted by molar-refractivity contribution is 0.0328. The van der Waals surface area contributed by atoms with Crippen molar-refractivity contribution in [3.8, 4) is 0 Å². The lowest BCUT2D eigenvalue weighted by Gasteiger charge is -2.28. The predicted octanol–water partition coefficient (Wildman–Crippen LogP) is 0.925. The third-order valence-electron chi connectivity index (χ3n) is 3.50. The maximum absolute atomic E-state index is 12.4. The Hall–Kier alpha value is -0.440. The maximum atomic E-state index is 12.4. The molecule has 0 N–H and O–H groups in total. The molecule has 0 aliphatic carbocycles. The highest BCUT2D eigenvalue weighted by Gasteiger charge is 2.20. The van der Waals surface area contributed by atoms with Gasteiger partial charge in [-0.15, -0.1) is 0 Å². The summed E-state index contributed by atoms with van der Waals surface area (Å²) in [6.45, 7) is 6.03. The van der Waals surface area contributed by atoms with Crippen molar-refractivity contribution >= 4 is 31.9 Å². The van der Waals surface area contributed by atoms with Crippen LogP contribution in [0.1, 0.15) is 12.6 Å². The van der Waals surface area contributed by atoms with E-state index < -0.39 is 0 Å². The highest BCUT2D eigenvalue weighted by molar-refractivity contribution is 9.10. The zero-order valence-electron chi connectivity index (χ0n) is 12.1. The van der Waals surface area contributed by atoms with Crippen LogP contribution in [0.5, 0.6) is 0 Å². The molecule has 2 rings (SSSR count). The molecular weight excluding hydrogens is 406 g/mol. The monoisotopic (exact) mass is 423 g/mol. The molecule has 8 heteroatoms. The van der Waals surface area contributed by atoms with E-state index >= 15 is 0 Å². The first-order valence-corrected chi connectivity index (χ1v) is 8.55. The number of ether oxygens (including phenoxy) is 1. The molecule has 1 fully saturated rings. The normalized spacial score (nSPS) is 17.9. The molecule has 1 saturated heterocycles. The van der Waals surface area contributed by atoms with Gasteiger partial charge in [-0.05, 0) is 15.9 Å². The first kappa shape index (κ1) is 16.9. The molecule has 2 heterocycles. The van der Waals surface area contributed by atoms with E-state index in [1.165, 1.54) is 7.05 Å². The van der Waals surface area contributed by atoms with Crippen LogP contribution < -0.4 is 11.2 Å². The molecule has 1 aliphatic rings. The minimum Gasteiger partial charge on any atom is -0.379 e. The number of nitrogens with zero attached hydrogens (tertiary/aromatic N) is 3. The van der Waals surface area contributed by atoms with E-state index in [0.717, 1.165) is 23.4 Å². The molecule has 1 aliphatic heterocycles. The zero-order valence-corrected chi connectivity index (χ0v) is 15.3. The molecular formula is C13H19Br2N3O3. The highest BCUT2D eigenvalue weighted by Crippen LogP contribution is 2.15. The zero-order chi connectivity index (χ0) is 15.6. The number of hydrogen-bond acceptors (Lipinski definition) is 4. The van der Waals surface area contributed by atoms with E-state index in [1.807, 2.05) is 6.92 Å². The van der Waals surface area contributed by atoms with Crippen LogP contribution in [0.25, 0.3) is 0 Å². The van der Waals surface area contributed by atoms with Crippen LogP contribution >= 0.6 is 31.9 Å². The summed E-state index contributed by atoms with van der Waals surface area (Å²) in [4.78, 5) is 26.9. The van der Waals surface area contributed by atoms with Crippen LogP contribution in [0.15, 0.2) is 14.1 Å². The lowest BCUT2D eigenvalue weighted by Crippen LogP contribution is -2.44. The Balaban J connectivity index is 2.45. The Bertz CT molecular complexity index is 618. The predicted molar refractivity (Wildman–Crippen MR) is 88.1 cm³/mol. The second kappa shape index (κ2) is 7.21. The first-order chi connectivity index (χ1) is 9.91. The highest BCUT2D eigenvalue weighted by atomic mass is 79.9. The molecule has 0 aromatic carbocycles. The lowest BCUT2D eigenvalue weighted by atomic mass is 10.3. The molecule has 0 amide bonds. The van der Waals surface area contributed by atoms with Gasteiger partial charge in [0.2, 0.25) is 0 Å². The molecule has 118 valence electrons. The van der Waals surface area contributed by atoms with Crippen molar-refractivity contribution in [1.82, 2.24) is 14.0 Å². The van der Waals surface area contributed by atoms with Gasteiger partial charge in [0.05, 0.1) is 18.9 Å². The summed E-state index contributed by atoms with van der Waals surface area (Å²) in [5, 5.41) is 0. The number of halogens is 2. The summed E-state index contributed by atoms with van der Waals surface area (Å²) in [6.07, 6.45) is 0. The maximum Gasteiger partial charge on any atom is 0.331 e. The average molecular weight is 425 g/mol. The SMILES string of the molecule is CC(Br)Cn1c(CN2CCOCC2)c(Br)c(=O)n(C)c1=O. The molecule has 1 aromatic heterocycles. The second-order valence-electron chi connectivity index (χ2n) is 5.19. The van der Waals surface area contributed by atoms with Gasteiger partial charge in [-0.1, -0.05) is 22.9 Å². The Morgan fingerprint density at radius 3 is 2.48 bits per heavy atom. The summed E-state index contributed by atoms with van der Waals surface area (Å²) >= 11 is 6.84. The van der Waals surface area contributed by atoms with E-state index in [-0.39, 0.29) is 16.1 Å². The third-order valence-corrected chi connectivity index (χ3v) is 4.59. The molecule has 1 aromatic rings. The van der Waals surface area contributed by atoms with Crippen molar-refractivity contribution in [1.29, 1.82) is 0 Å². The molecule has 0 radical (unpaired) electrons. The van der Waals surface area contributed by atoms with Crippen LogP contribution in [0.3, 0.4) is 0 Å². The number of hydrogen-bond donors (Lipinski definition) is 0. The molecule has 1 unspecified atom stereocenters. The van der Waals surface area contributed by atoms with Gasteiger partial charge in [0.15, 0.2) is 0 Å². The van der Waals surface area contributed by atoms with Crippen molar-refractivity contribution in [2.45, 2.75) is 24.8 Å². The van der Waals surface area contributed by atoms with E-state index in [2.05, 4.69) is 36.8 Å². The quantitative estimate of drug-likeness (QED) is 0.674. The van der Waals surface area contributed by atoms with Crippen LogP contribution in [0.4, 0.5) is 0 Å². The fourth-order valence-corrected chi connectivity index (χ4v) is 3.23. The van der Waals surface area contributed by atoms with E-state index in [9.17, 15) is 9.59 Å². The van der Waals surface area contributed by atoms with Crippen LogP contribution in [-0.2, 0) is 24.9 Å². The van der Waals surface area contributed by atoms with Crippen molar-refractivity contribution in [2.24, 2.45) is 7.05 Å². The first-order valence-electron chi connectivity index (χ1n) is 6.84. The Labute approximate surface area is 140 Å². The molecule has 6 nitrogen and oxygen atoms in total. The van der Waals surface area contributed by atoms with Gasteiger partial charge in [-0.2, -0.15) is 0 Å². The van der Waals surface area contributed by atoms with Crippen molar-refractivity contribution in [3.63, 3.8) is 0 Å². The smallest absolute Gasteiger partial charge is 0.331 e. The topological polar surface area (TPSA) is 56.5 Å². The number of alkyl halides is 1. The Kier molecular flexibility index (Phi) is 5.81.